The minimum atomic E-state index is -0.0906. The van der Waals surface area contributed by atoms with Gasteiger partial charge in [0.25, 0.3) is 0 Å². The van der Waals surface area contributed by atoms with Crippen LogP contribution in [-0.2, 0) is 6.54 Å². The molecule has 0 radical (unpaired) electrons. The van der Waals surface area contributed by atoms with Gasteiger partial charge < -0.3 is 10.2 Å². The molecule has 1 fully saturated rings. The maximum atomic E-state index is 14.1. The largest absolute Gasteiger partial charge is 0.369 e. The van der Waals surface area contributed by atoms with Crippen molar-refractivity contribution in [2.24, 2.45) is 11.8 Å². The Hall–Kier alpha value is -1.09. The van der Waals surface area contributed by atoms with E-state index in [9.17, 15) is 4.39 Å². The second-order valence-electron chi connectivity index (χ2n) is 5.52. The second-order valence-corrected chi connectivity index (χ2v) is 5.52. The fraction of sp³-hybridized carbons (Fsp3) is 0.600. The highest BCUT2D eigenvalue weighted by Gasteiger charge is 2.27. The lowest BCUT2D eigenvalue weighted by molar-refractivity contribution is 0.422. The van der Waals surface area contributed by atoms with Crippen molar-refractivity contribution >= 4 is 5.69 Å². The molecule has 0 bridgehead atoms. The highest BCUT2D eigenvalue weighted by Crippen LogP contribution is 2.32. The topological polar surface area (TPSA) is 15.3 Å². The molecule has 0 amide bonds. The van der Waals surface area contributed by atoms with Gasteiger partial charge in [-0.25, -0.2) is 4.39 Å². The van der Waals surface area contributed by atoms with Crippen LogP contribution < -0.4 is 10.2 Å². The van der Waals surface area contributed by atoms with Crippen molar-refractivity contribution in [1.82, 2.24) is 5.32 Å². The first kappa shape index (κ1) is 13.3. The van der Waals surface area contributed by atoms with Gasteiger partial charge in [-0.1, -0.05) is 26.0 Å². The summed E-state index contributed by atoms with van der Waals surface area (Å²) < 4.78 is 14.1. The smallest absolute Gasteiger partial charge is 0.146 e. The Kier molecular flexibility index (Phi) is 4.23. The number of halogens is 1. The minimum absolute atomic E-state index is 0.0906. The lowest BCUT2D eigenvalue weighted by atomic mass is 9.95. The third kappa shape index (κ3) is 2.66. The standard InChI is InChI=1S/C15H23FN2/c1-11(2)13-7-8-18(10-13)15-12(9-17-3)5-4-6-14(15)16/h4-6,11,13,17H,7-10H2,1-3H3. The predicted octanol–water partition coefficient (Wildman–Crippen LogP) is 3.03. The van der Waals surface area contributed by atoms with Gasteiger partial charge in [-0.3, -0.25) is 0 Å². The van der Waals surface area contributed by atoms with Crippen molar-refractivity contribution in [3.05, 3.63) is 29.6 Å². The molecule has 1 aliphatic rings. The number of hydrogen-bond donors (Lipinski definition) is 1. The van der Waals surface area contributed by atoms with E-state index in [4.69, 9.17) is 0 Å². The van der Waals surface area contributed by atoms with Gasteiger partial charge in [-0.15, -0.1) is 0 Å². The highest BCUT2D eigenvalue weighted by atomic mass is 19.1. The summed E-state index contributed by atoms with van der Waals surface area (Å²) in [6, 6.07) is 5.37. The molecule has 2 nitrogen and oxygen atoms in total. The molecule has 1 unspecified atom stereocenters. The summed E-state index contributed by atoms with van der Waals surface area (Å²) in [5, 5.41) is 3.12. The van der Waals surface area contributed by atoms with E-state index >= 15 is 0 Å². The zero-order chi connectivity index (χ0) is 13.1. The van der Waals surface area contributed by atoms with Crippen LogP contribution in [0, 0.1) is 17.7 Å². The van der Waals surface area contributed by atoms with Gasteiger partial charge in [0.15, 0.2) is 0 Å². The van der Waals surface area contributed by atoms with Crippen LogP contribution in [0.4, 0.5) is 10.1 Å². The van der Waals surface area contributed by atoms with E-state index in [1.165, 1.54) is 6.42 Å². The molecular weight excluding hydrogens is 227 g/mol. The van der Waals surface area contributed by atoms with E-state index in [0.29, 0.717) is 11.8 Å². The summed E-state index contributed by atoms with van der Waals surface area (Å²) in [4.78, 5) is 2.21. The van der Waals surface area contributed by atoms with Crippen molar-refractivity contribution < 1.29 is 4.39 Å². The molecule has 0 aliphatic carbocycles. The molecule has 1 heterocycles. The number of hydrogen-bond acceptors (Lipinski definition) is 2. The number of nitrogens with one attached hydrogen (secondary N) is 1. The average Bonchev–Trinajstić information content (AvgIpc) is 2.79. The molecule has 1 aromatic rings. The van der Waals surface area contributed by atoms with Crippen LogP contribution in [0.2, 0.25) is 0 Å². The Morgan fingerprint density at radius 3 is 2.83 bits per heavy atom. The van der Waals surface area contributed by atoms with E-state index in [1.807, 2.05) is 13.1 Å². The zero-order valence-corrected chi connectivity index (χ0v) is 11.5. The molecule has 3 heteroatoms. The second kappa shape index (κ2) is 5.70. The number of nitrogens with zero attached hydrogens (tertiary/aromatic N) is 1. The van der Waals surface area contributed by atoms with E-state index in [0.717, 1.165) is 30.9 Å². The van der Waals surface area contributed by atoms with Crippen molar-refractivity contribution in [1.29, 1.82) is 0 Å². The Morgan fingerprint density at radius 2 is 2.22 bits per heavy atom. The molecule has 18 heavy (non-hydrogen) atoms. The van der Waals surface area contributed by atoms with E-state index < -0.39 is 0 Å². The molecule has 100 valence electrons. The fourth-order valence-corrected chi connectivity index (χ4v) is 2.78. The number of anilines is 1. The molecule has 0 aromatic heterocycles. The molecule has 1 aliphatic heterocycles. The Bertz CT molecular complexity index is 403. The van der Waals surface area contributed by atoms with Gasteiger partial charge >= 0.3 is 0 Å². The third-order valence-corrected chi connectivity index (χ3v) is 3.92. The van der Waals surface area contributed by atoms with Gasteiger partial charge in [-0.2, -0.15) is 0 Å². The Balaban J connectivity index is 2.23. The van der Waals surface area contributed by atoms with Crippen molar-refractivity contribution in [2.75, 3.05) is 25.0 Å². The molecule has 1 atom stereocenters. The molecular formula is C15H23FN2. The number of para-hydroxylation sites is 1. The first-order valence-corrected chi connectivity index (χ1v) is 6.80. The van der Waals surface area contributed by atoms with Gasteiger partial charge in [0.1, 0.15) is 5.82 Å². The van der Waals surface area contributed by atoms with E-state index in [-0.39, 0.29) is 5.82 Å². The Morgan fingerprint density at radius 1 is 1.44 bits per heavy atom. The van der Waals surface area contributed by atoms with Crippen LogP contribution in [0.25, 0.3) is 0 Å². The van der Waals surface area contributed by atoms with Crippen molar-refractivity contribution in [3.63, 3.8) is 0 Å². The summed E-state index contributed by atoms with van der Waals surface area (Å²) in [6.07, 6.45) is 1.17. The van der Waals surface area contributed by atoms with Crippen molar-refractivity contribution in [2.45, 2.75) is 26.8 Å². The zero-order valence-electron chi connectivity index (χ0n) is 11.5. The normalized spacial score (nSPS) is 19.8. The summed E-state index contributed by atoms with van der Waals surface area (Å²) in [5.74, 6) is 1.27. The summed E-state index contributed by atoms with van der Waals surface area (Å²) in [6.45, 7) is 7.18. The summed E-state index contributed by atoms with van der Waals surface area (Å²) in [5.41, 5.74) is 1.86. The first-order valence-electron chi connectivity index (χ1n) is 6.80. The highest BCUT2D eigenvalue weighted by molar-refractivity contribution is 5.55. The number of benzene rings is 1. The van der Waals surface area contributed by atoms with Gasteiger partial charge in [-0.05, 0) is 36.9 Å². The Labute approximate surface area is 109 Å². The third-order valence-electron chi connectivity index (χ3n) is 3.92. The van der Waals surface area contributed by atoms with Crippen LogP contribution in [0.1, 0.15) is 25.8 Å². The molecule has 0 saturated carbocycles. The van der Waals surface area contributed by atoms with Crippen molar-refractivity contribution in [3.8, 4) is 0 Å². The summed E-state index contributed by atoms with van der Waals surface area (Å²) >= 11 is 0. The average molecular weight is 250 g/mol. The number of rotatable bonds is 4. The van der Waals surface area contributed by atoms with E-state index in [1.54, 1.807) is 12.1 Å². The maximum absolute atomic E-state index is 14.1. The summed E-state index contributed by atoms with van der Waals surface area (Å²) in [7, 11) is 1.90. The maximum Gasteiger partial charge on any atom is 0.146 e. The quantitative estimate of drug-likeness (QED) is 0.883. The van der Waals surface area contributed by atoms with E-state index in [2.05, 4.69) is 24.1 Å². The fourth-order valence-electron chi connectivity index (χ4n) is 2.78. The SMILES string of the molecule is CNCc1cccc(F)c1N1CCC(C(C)C)C1. The van der Waals surface area contributed by atoms with Crippen LogP contribution in [0.5, 0.6) is 0 Å². The van der Waals surface area contributed by atoms with Crippen LogP contribution in [-0.4, -0.2) is 20.1 Å². The molecule has 1 N–H and O–H groups in total. The lowest BCUT2D eigenvalue weighted by Gasteiger charge is -2.23. The molecule has 1 saturated heterocycles. The molecule has 0 spiro atoms. The van der Waals surface area contributed by atoms with Crippen LogP contribution in [0.3, 0.4) is 0 Å². The van der Waals surface area contributed by atoms with Gasteiger partial charge in [0.05, 0.1) is 5.69 Å². The molecule has 1 aromatic carbocycles. The minimum Gasteiger partial charge on any atom is -0.369 e. The van der Waals surface area contributed by atoms with Gasteiger partial charge in [0.2, 0.25) is 0 Å². The van der Waals surface area contributed by atoms with Gasteiger partial charge in [0, 0.05) is 19.6 Å². The lowest BCUT2D eigenvalue weighted by Crippen LogP contribution is -2.24. The molecule has 2 rings (SSSR count). The van der Waals surface area contributed by atoms with Crippen LogP contribution in [0.15, 0.2) is 18.2 Å². The monoisotopic (exact) mass is 250 g/mol. The predicted molar refractivity (Wildman–Crippen MR) is 74.3 cm³/mol. The first-order chi connectivity index (χ1) is 8.63. The van der Waals surface area contributed by atoms with Crippen LogP contribution >= 0.6 is 0 Å².